The lowest BCUT2D eigenvalue weighted by atomic mass is 10.3. The van der Waals surface area contributed by atoms with E-state index < -0.39 is 0 Å². The lowest BCUT2D eigenvalue weighted by Crippen LogP contribution is -2.40. The number of nitriles is 1. The van der Waals surface area contributed by atoms with Gasteiger partial charge < -0.3 is 5.73 Å². The summed E-state index contributed by atoms with van der Waals surface area (Å²) in [5, 5.41) is 14.0. The van der Waals surface area contributed by atoms with Crippen molar-refractivity contribution in [2.45, 2.75) is 12.2 Å². The van der Waals surface area contributed by atoms with E-state index in [9.17, 15) is 0 Å². The third kappa shape index (κ3) is 0.793. The molecule has 1 aliphatic rings. The average molecular weight is 112 g/mol. The van der Waals surface area contributed by atoms with Crippen molar-refractivity contribution >= 4 is 0 Å². The van der Waals surface area contributed by atoms with Crippen molar-refractivity contribution in [3.05, 3.63) is 0 Å². The van der Waals surface area contributed by atoms with E-state index in [4.69, 9.17) is 11.0 Å². The quantitative estimate of drug-likeness (QED) is 0.349. The van der Waals surface area contributed by atoms with E-state index >= 15 is 0 Å². The molecule has 1 aliphatic heterocycles. The second-order valence-corrected chi connectivity index (χ2v) is 1.72. The lowest BCUT2D eigenvalue weighted by Gasteiger charge is -2.02. The zero-order valence-electron chi connectivity index (χ0n) is 4.39. The van der Waals surface area contributed by atoms with Gasteiger partial charge in [0.1, 0.15) is 6.04 Å². The molecule has 0 bridgehead atoms. The van der Waals surface area contributed by atoms with Gasteiger partial charge in [-0.2, -0.15) is 5.26 Å². The second kappa shape index (κ2) is 2.09. The topological polar surface area (TPSA) is 73.9 Å². The number of rotatable bonds is 0. The molecule has 1 fully saturated rings. The van der Waals surface area contributed by atoms with Crippen LogP contribution in [0.2, 0.25) is 0 Å². The smallest absolute Gasteiger partial charge is 0.125 e. The number of nitrogens with zero attached hydrogens (tertiary/aromatic N) is 1. The van der Waals surface area contributed by atoms with Crippen LogP contribution in [0, 0.1) is 11.3 Å². The van der Waals surface area contributed by atoms with E-state index in [1.165, 1.54) is 0 Å². The normalized spacial score (nSPS) is 37.0. The largest absolute Gasteiger partial charge is 0.314 e. The van der Waals surface area contributed by atoms with Crippen LogP contribution in [0.15, 0.2) is 0 Å². The van der Waals surface area contributed by atoms with Crippen LogP contribution < -0.4 is 16.4 Å². The highest BCUT2D eigenvalue weighted by Crippen LogP contribution is 1.88. The summed E-state index contributed by atoms with van der Waals surface area (Å²) in [6, 6.07) is 1.80. The van der Waals surface area contributed by atoms with E-state index in [0.29, 0.717) is 6.67 Å². The Bertz CT molecular complexity index is 116. The van der Waals surface area contributed by atoms with Gasteiger partial charge in [0.2, 0.25) is 0 Å². The van der Waals surface area contributed by atoms with Gasteiger partial charge in [-0.25, -0.2) is 0 Å². The Hall–Kier alpha value is -0.630. The molecule has 4 heteroatoms. The Morgan fingerprint density at radius 3 is 2.62 bits per heavy atom. The first-order chi connectivity index (χ1) is 3.84. The Labute approximate surface area is 47.7 Å². The fourth-order valence-corrected chi connectivity index (χ4v) is 0.657. The van der Waals surface area contributed by atoms with Gasteiger partial charge in [0.15, 0.2) is 0 Å². The van der Waals surface area contributed by atoms with Crippen LogP contribution in [-0.4, -0.2) is 18.9 Å². The molecule has 0 spiro atoms. The molecule has 4 N–H and O–H groups in total. The molecule has 0 aromatic heterocycles. The number of nitrogens with one attached hydrogen (secondary N) is 2. The summed E-state index contributed by atoms with van der Waals surface area (Å²) in [5.74, 6) is 0. The van der Waals surface area contributed by atoms with Crippen LogP contribution in [0.25, 0.3) is 0 Å². The molecule has 1 rings (SSSR count). The third-order valence-electron chi connectivity index (χ3n) is 1.16. The van der Waals surface area contributed by atoms with Crippen LogP contribution >= 0.6 is 0 Å². The lowest BCUT2D eigenvalue weighted by molar-refractivity contribution is 0.607. The summed E-state index contributed by atoms with van der Waals surface area (Å²) in [6.45, 7) is 0.638. The summed E-state index contributed by atoms with van der Waals surface area (Å²) >= 11 is 0. The molecule has 8 heavy (non-hydrogen) atoms. The maximum Gasteiger partial charge on any atom is 0.125 e. The van der Waals surface area contributed by atoms with Gasteiger partial charge in [-0.05, 0) is 0 Å². The van der Waals surface area contributed by atoms with Gasteiger partial charge in [-0.15, -0.1) is 0 Å². The van der Waals surface area contributed by atoms with Gasteiger partial charge in [-0.1, -0.05) is 0 Å². The van der Waals surface area contributed by atoms with Crippen LogP contribution in [0.1, 0.15) is 0 Å². The van der Waals surface area contributed by atoms with E-state index in [-0.39, 0.29) is 12.2 Å². The van der Waals surface area contributed by atoms with Crippen molar-refractivity contribution in [2.24, 2.45) is 5.73 Å². The minimum Gasteiger partial charge on any atom is -0.314 e. The fourth-order valence-electron chi connectivity index (χ4n) is 0.657. The van der Waals surface area contributed by atoms with Gasteiger partial charge in [0, 0.05) is 6.67 Å². The van der Waals surface area contributed by atoms with Gasteiger partial charge in [-0.3, -0.25) is 10.6 Å². The Morgan fingerprint density at radius 2 is 2.38 bits per heavy atom. The Balaban J connectivity index is 2.45. The summed E-state index contributed by atoms with van der Waals surface area (Å²) < 4.78 is 0. The van der Waals surface area contributed by atoms with E-state index in [0.717, 1.165) is 0 Å². The highest BCUT2D eigenvalue weighted by Gasteiger charge is 2.20. The monoisotopic (exact) mass is 112 g/mol. The molecule has 0 radical (unpaired) electrons. The third-order valence-corrected chi connectivity index (χ3v) is 1.16. The zero-order chi connectivity index (χ0) is 5.98. The first-order valence-corrected chi connectivity index (χ1v) is 2.46. The molecule has 0 amide bonds. The van der Waals surface area contributed by atoms with Gasteiger partial charge in [0.25, 0.3) is 0 Å². The van der Waals surface area contributed by atoms with Crippen molar-refractivity contribution in [3.8, 4) is 6.07 Å². The maximum absolute atomic E-state index is 8.30. The van der Waals surface area contributed by atoms with E-state index in [1.54, 1.807) is 0 Å². The molecule has 0 saturated carbocycles. The highest BCUT2D eigenvalue weighted by molar-refractivity contribution is 4.99. The molecule has 0 unspecified atom stereocenters. The average Bonchev–Trinajstić information content (AvgIpc) is 2.14. The molecule has 44 valence electrons. The molecule has 0 aliphatic carbocycles. The van der Waals surface area contributed by atoms with Crippen molar-refractivity contribution in [1.82, 2.24) is 10.6 Å². The molecule has 1 saturated heterocycles. The molecule has 2 atom stereocenters. The summed E-state index contributed by atoms with van der Waals surface area (Å²) in [7, 11) is 0. The van der Waals surface area contributed by atoms with Crippen molar-refractivity contribution in [3.63, 3.8) is 0 Å². The number of hydrogen-bond donors (Lipinski definition) is 3. The summed E-state index contributed by atoms with van der Waals surface area (Å²) in [6.07, 6.45) is -0.194. The van der Waals surface area contributed by atoms with Crippen LogP contribution in [0.3, 0.4) is 0 Å². The van der Waals surface area contributed by atoms with Crippen LogP contribution in [0.4, 0.5) is 0 Å². The summed E-state index contributed by atoms with van der Waals surface area (Å²) in [4.78, 5) is 0. The van der Waals surface area contributed by atoms with Gasteiger partial charge in [0.05, 0.1) is 12.2 Å². The predicted octanol–water partition coefficient (Wildman–Crippen LogP) is -1.69. The van der Waals surface area contributed by atoms with Crippen molar-refractivity contribution in [1.29, 1.82) is 5.26 Å². The SMILES string of the molecule is N#C[C@@H]1NCN[C@@H]1N. The number of hydrogen-bond acceptors (Lipinski definition) is 4. The van der Waals surface area contributed by atoms with E-state index in [2.05, 4.69) is 10.6 Å². The minimum atomic E-state index is -0.213. The first kappa shape index (κ1) is 5.51. The fraction of sp³-hybridized carbons (Fsp3) is 0.750. The molecule has 0 aromatic rings. The van der Waals surface area contributed by atoms with Crippen molar-refractivity contribution in [2.75, 3.05) is 6.67 Å². The molecular weight excluding hydrogens is 104 g/mol. The van der Waals surface area contributed by atoms with Crippen LogP contribution in [0.5, 0.6) is 0 Å². The molecule has 1 heterocycles. The highest BCUT2D eigenvalue weighted by atomic mass is 15.2. The minimum absolute atomic E-state index is 0.194. The standard InChI is InChI=1S/C4H8N4/c5-1-3-4(6)8-2-7-3/h3-4,7-8H,2,6H2/t3-,4-/m0/s1. The molecule has 0 aromatic carbocycles. The van der Waals surface area contributed by atoms with E-state index in [1.807, 2.05) is 6.07 Å². The number of nitrogens with two attached hydrogens (primary N) is 1. The first-order valence-electron chi connectivity index (χ1n) is 2.46. The Morgan fingerprint density at radius 1 is 1.62 bits per heavy atom. The second-order valence-electron chi connectivity index (χ2n) is 1.72. The zero-order valence-corrected chi connectivity index (χ0v) is 4.39. The Kier molecular flexibility index (Phi) is 1.44. The van der Waals surface area contributed by atoms with Crippen molar-refractivity contribution < 1.29 is 0 Å². The molecule has 4 nitrogen and oxygen atoms in total. The molecular formula is C4H8N4. The van der Waals surface area contributed by atoms with Crippen LogP contribution in [-0.2, 0) is 0 Å². The van der Waals surface area contributed by atoms with Gasteiger partial charge >= 0.3 is 0 Å². The summed E-state index contributed by atoms with van der Waals surface area (Å²) in [5.41, 5.74) is 5.39. The maximum atomic E-state index is 8.30. The predicted molar refractivity (Wildman–Crippen MR) is 28.5 cm³/mol.